The molecule has 13 heavy (non-hydrogen) atoms. The molecule has 0 unspecified atom stereocenters. The molecule has 0 aliphatic carbocycles. The van der Waals surface area contributed by atoms with Crippen molar-refractivity contribution in [1.82, 2.24) is 18.6 Å². The summed E-state index contributed by atoms with van der Waals surface area (Å²) < 4.78 is 7.61. The van der Waals surface area contributed by atoms with Crippen LogP contribution in [-0.4, -0.2) is 35.0 Å². The fraction of sp³-hybridized carbons (Fsp3) is 0.500. The van der Waals surface area contributed by atoms with Crippen molar-refractivity contribution in [3.63, 3.8) is 0 Å². The second kappa shape index (κ2) is 4.51. The highest BCUT2D eigenvalue weighted by Crippen LogP contribution is 1.99. The average Bonchev–Trinajstić information content (AvgIpc) is 2.52. The highest BCUT2D eigenvalue weighted by Gasteiger charge is 2.15. The van der Waals surface area contributed by atoms with Crippen LogP contribution in [0.4, 0.5) is 0 Å². The summed E-state index contributed by atoms with van der Waals surface area (Å²) in [6.45, 7) is 0.453. The lowest BCUT2D eigenvalue weighted by atomic mass is 10.5. The lowest BCUT2D eigenvalue weighted by Gasteiger charge is -2.04. The van der Waals surface area contributed by atoms with E-state index in [2.05, 4.69) is 13.7 Å². The molecule has 7 heteroatoms. The molecule has 1 amide bonds. The van der Waals surface area contributed by atoms with Crippen molar-refractivity contribution >= 4 is 28.8 Å². The second-order valence-electron chi connectivity index (χ2n) is 2.52. The first-order valence-electron chi connectivity index (χ1n) is 3.53. The van der Waals surface area contributed by atoms with E-state index < -0.39 is 0 Å². The van der Waals surface area contributed by atoms with Gasteiger partial charge in [-0.2, -0.15) is 4.98 Å². The molecule has 0 atom stereocenters. The third kappa shape index (κ3) is 2.62. The Morgan fingerprint density at radius 1 is 1.69 bits per heavy atom. The number of halogens is 1. The van der Waals surface area contributed by atoms with Crippen LogP contribution in [0.3, 0.4) is 0 Å². The smallest absolute Gasteiger partial charge is 0.294 e. The van der Waals surface area contributed by atoms with Gasteiger partial charge in [0.25, 0.3) is 11.7 Å². The van der Waals surface area contributed by atoms with Crippen LogP contribution in [0.2, 0.25) is 0 Å². The molecule has 0 saturated carbocycles. The number of rotatable bonds is 3. The molecule has 72 valence electrons. The van der Waals surface area contributed by atoms with Crippen molar-refractivity contribution < 1.29 is 9.32 Å². The van der Waals surface area contributed by atoms with Gasteiger partial charge in [-0.25, -0.2) is 0 Å². The van der Waals surface area contributed by atoms with Crippen LogP contribution in [0.1, 0.15) is 16.5 Å². The Balaban J connectivity index is 2.73. The number of nitrogens with zero attached hydrogens (tertiary/aromatic N) is 3. The van der Waals surface area contributed by atoms with E-state index >= 15 is 0 Å². The van der Waals surface area contributed by atoms with Crippen LogP contribution >= 0.6 is 22.9 Å². The maximum absolute atomic E-state index is 11.3. The summed E-state index contributed by atoms with van der Waals surface area (Å²) >= 11 is 1.96. The lowest BCUT2D eigenvalue weighted by molar-refractivity contribution is 0.0812. The van der Waals surface area contributed by atoms with Gasteiger partial charge >= 0.3 is 0 Å². The Kier molecular flexibility index (Phi) is 3.60. The molecule has 0 aromatic carbocycles. The number of carbonyl (C=O) groups excluding carboxylic acids is 1. The van der Waals surface area contributed by atoms with E-state index in [0.717, 1.165) is 0 Å². The predicted octanol–water partition coefficient (Wildman–Crippen LogP) is 0.211. The van der Waals surface area contributed by atoms with E-state index in [1.165, 1.54) is 4.90 Å². The Bertz CT molecular complexity index is 299. The molecule has 0 radical (unpaired) electrons. The summed E-state index contributed by atoms with van der Waals surface area (Å²) in [5.41, 5.74) is 0. The van der Waals surface area contributed by atoms with Crippen LogP contribution in [0, 0.1) is 0 Å². The first-order valence-corrected chi connectivity index (χ1v) is 4.60. The van der Waals surface area contributed by atoms with Crippen molar-refractivity contribution in [3.05, 3.63) is 11.7 Å². The van der Waals surface area contributed by atoms with Gasteiger partial charge in [0.15, 0.2) is 0 Å². The van der Waals surface area contributed by atoms with E-state index in [4.69, 9.17) is 4.52 Å². The minimum absolute atomic E-state index is 0.0895. The first-order chi connectivity index (χ1) is 6.15. The lowest BCUT2D eigenvalue weighted by Crippen LogP contribution is -2.22. The standard InChI is InChI=1S/C6H9IN4O2/c1-11(2)6(12)5-9-4(3-8-7)13-10-5/h8H,3H2,1-2H3. The number of aromatic nitrogens is 2. The summed E-state index contributed by atoms with van der Waals surface area (Å²) in [6, 6.07) is 0. The van der Waals surface area contributed by atoms with E-state index in [-0.39, 0.29) is 11.7 Å². The molecule has 1 heterocycles. The average molecular weight is 296 g/mol. The fourth-order valence-corrected chi connectivity index (χ4v) is 0.997. The molecule has 0 aliphatic rings. The third-order valence-corrected chi connectivity index (χ3v) is 1.66. The van der Waals surface area contributed by atoms with Crippen LogP contribution in [-0.2, 0) is 6.54 Å². The quantitative estimate of drug-likeness (QED) is 0.638. The normalized spacial score (nSPS) is 10.1. The monoisotopic (exact) mass is 296 g/mol. The molecule has 0 aliphatic heterocycles. The Hall–Kier alpha value is -0.700. The van der Waals surface area contributed by atoms with Crippen LogP contribution in [0.15, 0.2) is 4.52 Å². The van der Waals surface area contributed by atoms with Gasteiger partial charge < -0.3 is 9.42 Å². The maximum atomic E-state index is 11.3. The summed E-state index contributed by atoms with van der Waals surface area (Å²) in [7, 11) is 3.27. The van der Waals surface area contributed by atoms with Gasteiger partial charge in [0.05, 0.1) is 6.54 Å². The zero-order chi connectivity index (χ0) is 9.84. The second-order valence-corrected chi connectivity index (χ2v) is 3.28. The van der Waals surface area contributed by atoms with Crippen LogP contribution < -0.4 is 3.53 Å². The predicted molar refractivity (Wildman–Crippen MR) is 53.2 cm³/mol. The summed E-state index contributed by atoms with van der Waals surface area (Å²) in [6.07, 6.45) is 0. The first kappa shape index (κ1) is 10.4. The molecule has 0 saturated heterocycles. The Morgan fingerprint density at radius 3 is 2.92 bits per heavy atom. The molecule has 0 fully saturated rings. The minimum atomic E-state index is -0.261. The summed E-state index contributed by atoms with van der Waals surface area (Å²) in [5, 5.41) is 3.54. The Labute approximate surface area is 89.2 Å². The van der Waals surface area contributed by atoms with E-state index in [9.17, 15) is 4.79 Å². The SMILES string of the molecule is CN(C)C(=O)c1noc(CNI)n1. The van der Waals surface area contributed by atoms with Crippen molar-refractivity contribution in [2.45, 2.75) is 6.54 Å². The molecule has 1 aromatic rings. The number of nitrogens with one attached hydrogen (secondary N) is 1. The van der Waals surface area contributed by atoms with Crippen molar-refractivity contribution in [2.75, 3.05) is 14.1 Å². The molecule has 0 bridgehead atoms. The summed E-state index contributed by atoms with van der Waals surface area (Å²) in [5.74, 6) is 0.231. The topological polar surface area (TPSA) is 71.3 Å². The van der Waals surface area contributed by atoms with Gasteiger partial charge in [0, 0.05) is 37.0 Å². The summed E-state index contributed by atoms with van der Waals surface area (Å²) in [4.78, 5) is 16.6. The van der Waals surface area contributed by atoms with E-state index in [1.807, 2.05) is 22.9 Å². The molecule has 0 spiro atoms. The van der Waals surface area contributed by atoms with Crippen LogP contribution in [0.25, 0.3) is 0 Å². The molecular weight excluding hydrogens is 287 g/mol. The zero-order valence-corrected chi connectivity index (χ0v) is 9.40. The van der Waals surface area contributed by atoms with Gasteiger partial charge in [-0.05, 0) is 0 Å². The molecular formula is C6H9IN4O2. The highest BCUT2D eigenvalue weighted by molar-refractivity contribution is 14.1. The van der Waals surface area contributed by atoms with E-state index in [1.54, 1.807) is 14.1 Å². The van der Waals surface area contributed by atoms with E-state index in [0.29, 0.717) is 12.4 Å². The molecule has 1 N–H and O–H groups in total. The Morgan fingerprint density at radius 2 is 2.38 bits per heavy atom. The molecule has 6 nitrogen and oxygen atoms in total. The molecule has 1 aromatic heterocycles. The fourth-order valence-electron chi connectivity index (χ4n) is 0.671. The van der Waals surface area contributed by atoms with Gasteiger partial charge in [-0.1, -0.05) is 5.16 Å². The van der Waals surface area contributed by atoms with Crippen molar-refractivity contribution in [1.29, 1.82) is 0 Å². The largest absolute Gasteiger partial charge is 0.342 e. The van der Waals surface area contributed by atoms with Crippen molar-refractivity contribution in [2.24, 2.45) is 0 Å². The highest BCUT2D eigenvalue weighted by atomic mass is 127. The molecule has 1 rings (SSSR count). The van der Waals surface area contributed by atoms with Gasteiger partial charge in [-0.3, -0.25) is 8.32 Å². The number of hydrogen-bond acceptors (Lipinski definition) is 5. The van der Waals surface area contributed by atoms with Gasteiger partial charge in [0.2, 0.25) is 5.89 Å². The third-order valence-electron chi connectivity index (χ3n) is 1.28. The number of carbonyl (C=O) groups is 1. The zero-order valence-electron chi connectivity index (χ0n) is 7.24. The van der Waals surface area contributed by atoms with Crippen LogP contribution in [0.5, 0.6) is 0 Å². The number of amides is 1. The van der Waals surface area contributed by atoms with Crippen molar-refractivity contribution in [3.8, 4) is 0 Å². The van der Waals surface area contributed by atoms with Gasteiger partial charge in [-0.15, -0.1) is 0 Å². The maximum Gasteiger partial charge on any atom is 0.294 e. The van der Waals surface area contributed by atoms with Gasteiger partial charge in [0.1, 0.15) is 0 Å². The minimum Gasteiger partial charge on any atom is -0.342 e. The number of hydrogen-bond donors (Lipinski definition) is 1.